The Balaban J connectivity index is 1.30. The number of nitrogens with zero attached hydrogens (tertiary/aromatic N) is 5. The van der Waals surface area contributed by atoms with Gasteiger partial charge in [-0.2, -0.15) is 4.98 Å². The van der Waals surface area contributed by atoms with Crippen LogP contribution in [0.4, 0.5) is 11.8 Å². The van der Waals surface area contributed by atoms with Crippen LogP contribution in [0.3, 0.4) is 0 Å². The van der Waals surface area contributed by atoms with Crippen molar-refractivity contribution in [3.8, 4) is 0 Å². The van der Waals surface area contributed by atoms with E-state index in [0.717, 1.165) is 11.1 Å². The lowest BCUT2D eigenvalue weighted by atomic mass is 10.00. The van der Waals surface area contributed by atoms with E-state index in [1.165, 1.54) is 24.3 Å². The fraction of sp³-hybridized carbons (Fsp3) is 0.621. The summed E-state index contributed by atoms with van der Waals surface area (Å²) in [4.78, 5) is 62.6. The van der Waals surface area contributed by atoms with Gasteiger partial charge >= 0.3 is 23.5 Å². The summed E-state index contributed by atoms with van der Waals surface area (Å²) >= 11 is 0. The molecule has 0 saturated carbocycles. The van der Waals surface area contributed by atoms with Gasteiger partial charge in [0.1, 0.15) is 30.5 Å². The zero-order valence-electron chi connectivity index (χ0n) is 30.5. The maximum atomic E-state index is 13.3. The first-order valence-corrected chi connectivity index (χ1v) is 21.9. The van der Waals surface area contributed by atoms with E-state index in [2.05, 4.69) is 24.9 Å². The van der Waals surface area contributed by atoms with E-state index >= 15 is 0 Å². The maximum Gasteiger partial charge on any atom is 0.472 e. The first-order chi connectivity index (χ1) is 27.1. The standard InChI is InChI=1S/C29H45N8O17P3/c1-47-24-23(54-57(45,46)49-11-3-9-39)20(53-28(24)37-16-34-22-26(37)35-29(31)36-27(22)40)14-52-56(43,44)51-13-17(12-50-55(41,42)48-10-2-8-38)4-5-18-6-7-19-21(18)32-15-33-25(19)30/h6,15-17,20,23-24,28,38-39H,2-5,7-14H2,1H3,(H,41,42)(H,43,44)(H,45,46)(H2,30,32,33)(H3,31,35,36,40)/t17?,20-,23?,24+,28-/m1/s1. The Labute approximate surface area is 324 Å². The Morgan fingerprint density at radius 1 is 0.947 bits per heavy atom. The molecular weight excluding hydrogens is 825 g/mol. The fourth-order valence-electron chi connectivity index (χ4n) is 5.91. The highest BCUT2D eigenvalue weighted by Crippen LogP contribution is 2.51. The summed E-state index contributed by atoms with van der Waals surface area (Å²) < 4.78 is 82.5. The van der Waals surface area contributed by atoms with Crippen LogP contribution in [0.15, 0.2) is 23.5 Å². The number of rotatable bonds is 24. The van der Waals surface area contributed by atoms with Crippen molar-refractivity contribution in [2.75, 3.05) is 64.8 Å². The van der Waals surface area contributed by atoms with Gasteiger partial charge in [0.05, 0.1) is 45.1 Å². The van der Waals surface area contributed by atoms with Crippen LogP contribution in [0.2, 0.25) is 0 Å². The molecule has 0 radical (unpaired) electrons. The number of aromatic amines is 1. The normalized spacial score (nSPS) is 23.2. The van der Waals surface area contributed by atoms with Gasteiger partial charge in [-0.3, -0.25) is 41.5 Å². The molecule has 1 aliphatic carbocycles. The summed E-state index contributed by atoms with van der Waals surface area (Å²) in [6.45, 7) is -3.10. The van der Waals surface area contributed by atoms with Crippen LogP contribution >= 0.6 is 23.5 Å². The first kappa shape index (κ1) is 45.0. The zero-order valence-corrected chi connectivity index (χ0v) is 33.2. The van der Waals surface area contributed by atoms with Crippen molar-refractivity contribution < 1.29 is 75.2 Å². The van der Waals surface area contributed by atoms with Gasteiger partial charge in [-0.05, 0) is 37.7 Å². The molecule has 318 valence electrons. The quantitative estimate of drug-likeness (QED) is 0.0450. The van der Waals surface area contributed by atoms with Crippen LogP contribution in [0.5, 0.6) is 0 Å². The minimum atomic E-state index is -5.01. The minimum absolute atomic E-state index is 0.00182. The van der Waals surface area contributed by atoms with Gasteiger partial charge < -0.3 is 45.8 Å². The number of hydrogen-bond donors (Lipinski definition) is 8. The van der Waals surface area contributed by atoms with Gasteiger partial charge in [0.2, 0.25) is 5.95 Å². The van der Waals surface area contributed by atoms with Crippen molar-refractivity contribution in [2.45, 2.75) is 56.6 Å². The Hall–Kier alpha value is -3.06. The van der Waals surface area contributed by atoms with E-state index in [0.29, 0.717) is 24.4 Å². The number of allylic oxidation sites excluding steroid dienone is 2. The smallest absolute Gasteiger partial charge is 0.396 e. The number of H-pyrrole nitrogens is 1. The number of nitrogens with two attached hydrogens (primary N) is 2. The average molecular weight is 871 g/mol. The molecule has 1 saturated heterocycles. The molecule has 57 heavy (non-hydrogen) atoms. The maximum absolute atomic E-state index is 13.3. The van der Waals surface area contributed by atoms with Crippen LogP contribution in [-0.2, 0) is 56.7 Å². The van der Waals surface area contributed by atoms with Gasteiger partial charge in [0.25, 0.3) is 5.56 Å². The highest BCUT2D eigenvalue weighted by molar-refractivity contribution is 7.48. The molecule has 0 amide bonds. The van der Waals surface area contributed by atoms with Gasteiger partial charge in [0.15, 0.2) is 17.4 Å². The highest BCUT2D eigenvalue weighted by Gasteiger charge is 2.51. The number of ether oxygens (including phenoxy) is 2. The van der Waals surface area contributed by atoms with Crippen molar-refractivity contribution in [3.63, 3.8) is 0 Å². The van der Waals surface area contributed by atoms with E-state index in [4.69, 9.17) is 58.3 Å². The van der Waals surface area contributed by atoms with Gasteiger partial charge in [-0.1, -0.05) is 6.08 Å². The van der Waals surface area contributed by atoms with Crippen molar-refractivity contribution in [2.24, 2.45) is 5.92 Å². The molecule has 1 aliphatic heterocycles. The lowest BCUT2D eigenvalue weighted by Crippen LogP contribution is -2.37. The number of phosphoric ester groups is 3. The summed E-state index contributed by atoms with van der Waals surface area (Å²) in [5.74, 6) is -0.746. The molecule has 5 unspecified atom stereocenters. The second kappa shape index (κ2) is 19.8. The Bertz CT molecular complexity index is 2070. The predicted molar refractivity (Wildman–Crippen MR) is 196 cm³/mol. The highest BCUT2D eigenvalue weighted by atomic mass is 31.2. The van der Waals surface area contributed by atoms with Gasteiger partial charge in [0, 0.05) is 31.8 Å². The minimum Gasteiger partial charge on any atom is -0.396 e. The number of nitrogen functional groups attached to an aromatic ring is 2. The molecule has 25 nitrogen and oxygen atoms in total. The molecule has 4 heterocycles. The second-order valence-corrected chi connectivity index (χ2v) is 17.0. The summed E-state index contributed by atoms with van der Waals surface area (Å²) in [5.41, 5.74) is 13.0. The third-order valence-corrected chi connectivity index (χ3v) is 11.6. The molecule has 28 heteroatoms. The van der Waals surface area contributed by atoms with E-state index in [1.54, 1.807) is 0 Å². The lowest BCUT2D eigenvalue weighted by molar-refractivity contribution is -0.0587. The van der Waals surface area contributed by atoms with Crippen molar-refractivity contribution in [1.29, 1.82) is 0 Å². The number of aliphatic hydroxyl groups is 2. The number of aliphatic hydroxyl groups excluding tert-OH is 2. The van der Waals surface area contributed by atoms with E-state index < -0.39 is 79.3 Å². The average Bonchev–Trinajstić information content (AvgIpc) is 3.86. The van der Waals surface area contributed by atoms with Crippen LogP contribution in [0.25, 0.3) is 16.7 Å². The topological polar surface area (TPSA) is 368 Å². The summed E-state index contributed by atoms with van der Waals surface area (Å²) in [7, 11) is -13.3. The van der Waals surface area contributed by atoms with E-state index in [9.17, 15) is 33.2 Å². The van der Waals surface area contributed by atoms with Gasteiger partial charge in [-0.15, -0.1) is 0 Å². The molecule has 8 atom stereocenters. The van der Waals surface area contributed by atoms with E-state index in [1.807, 2.05) is 6.08 Å². The van der Waals surface area contributed by atoms with Crippen molar-refractivity contribution in [1.82, 2.24) is 29.5 Å². The number of imidazole rings is 1. The van der Waals surface area contributed by atoms with Crippen LogP contribution in [0.1, 0.15) is 43.2 Å². The summed E-state index contributed by atoms with van der Waals surface area (Å²) in [6, 6.07) is 0. The van der Waals surface area contributed by atoms with Crippen LogP contribution < -0.4 is 17.0 Å². The number of methoxy groups -OCH3 is 1. The predicted octanol–water partition coefficient (Wildman–Crippen LogP) is 0.557. The number of hydrogen-bond acceptors (Lipinski definition) is 20. The SMILES string of the molecule is CO[C@H]1C(OP(=O)(O)OCCCO)[C@@H](COP(=O)(O)OCC(CCC2=CCc3c(N)ncnc32)COP(=O)(O)OCCCO)O[C@H]1n1cnc2c(=O)[nH]c(N)nc21. The number of aromatic nitrogens is 6. The zero-order chi connectivity index (χ0) is 41.4. The molecule has 0 bridgehead atoms. The van der Waals surface area contributed by atoms with Crippen molar-refractivity contribution >= 4 is 52.0 Å². The molecule has 10 N–H and O–H groups in total. The molecule has 1 fully saturated rings. The molecule has 0 spiro atoms. The number of fused-ring (bicyclic) bond motifs is 2. The Kier molecular flexibility index (Phi) is 15.6. The molecule has 0 aromatic carbocycles. The number of phosphoric acid groups is 3. The molecule has 2 aliphatic rings. The third kappa shape index (κ3) is 12.0. The summed E-state index contributed by atoms with van der Waals surface area (Å²) in [6.07, 6.45) is -0.139. The van der Waals surface area contributed by atoms with Crippen molar-refractivity contribution in [3.05, 3.63) is 40.3 Å². The lowest BCUT2D eigenvalue weighted by Gasteiger charge is -2.25. The van der Waals surface area contributed by atoms with Crippen LogP contribution in [-0.4, -0.2) is 126 Å². The molecular formula is C29H45N8O17P3. The second-order valence-electron chi connectivity index (χ2n) is 12.6. The molecule has 5 rings (SSSR count). The van der Waals surface area contributed by atoms with Crippen LogP contribution in [0, 0.1) is 5.92 Å². The van der Waals surface area contributed by atoms with Gasteiger partial charge in [-0.25, -0.2) is 28.6 Å². The molecule has 3 aromatic heterocycles. The number of nitrogens with one attached hydrogen (secondary N) is 1. The largest absolute Gasteiger partial charge is 0.472 e. The Morgan fingerprint density at radius 3 is 2.28 bits per heavy atom. The monoisotopic (exact) mass is 870 g/mol. The summed E-state index contributed by atoms with van der Waals surface area (Å²) in [5, 5.41) is 18.0. The molecule has 3 aromatic rings. The fourth-order valence-corrected chi connectivity index (χ4v) is 8.54. The number of anilines is 2. The Morgan fingerprint density at radius 2 is 1.61 bits per heavy atom. The van der Waals surface area contributed by atoms with E-state index in [-0.39, 0.29) is 62.8 Å². The third-order valence-electron chi connectivity index (χ3n) is 8.66. The first-order valence-electron chi connectivity index (χ1n) is 17.4.